The maximum absolute atomic E-state index is 12.4. The fourth-order valence-corrected chi connectivity index (χ4v) is 2.70. The number of phenols is 1. The van der Waals surface area contributed by atoms with Gasteiger partial charge in [0.05, 0.1) is 10.0 Å². The zero-order valence-electron chi connectivity index (χ0n) is 12.2. The van der Waals surface area contributed by atoms with Gasteiger partial charge in [-0.15, -0.1) is 0 Å². The molecule has 2 rings (SSSR count). The van der Waals surface area contributed by atoms with Crippen molar-refractivity contribution in [3.8, 4) is 5.75 Å². The second-order valence-corrected chi connectivity index (χ2v) is 5.77. The van der Waals surface area contributed by atoms with Gasteiger partial charge in [0.25, 0.3) is 0 Å². The number of carbonyl (C=O) groups is 1. The van der Waals surface area contributed by atoms with Crippen LogP contribution < -0.4 is 0 Å². The zero-order chi connectivity index (χ0) is 15.6. The first-order valence-electron chi connectivity index (χ1n) is 6.62. The summed E-state index contributed by atoms with van der Waals surface area (Å²) in [5.41, 5.74) is 3.56. The molecule has 0 saturated carbocycles. The van der Waals surface area contributed by atoms with Crippen molar-refractivity contribution in [1.29, 1.82) is 0 Å². The molecule has 0 spiro atoms. The molecule has 0 atom stereocenters. The van der Waals surface area contributed by atoms with Crippen LogP contribution in [0.3, 0.4) is 0 Å². The number of hydrogen-bond acceptors (Lipinski definition) is 3. The minimum absolute atomic E-state index is 0.171. The molecular formula is C17H17BrO3. The molecule has 0 aromatic heterocycles. The van der Waals surface area contributed by atoms with Crippen molar-refractivity contribution >= 4 is 21.9 Å². The van der Waals surface area contributed by atoms with Gasteiger partial charge in [0, 0.05) is 0 Å². The Hall–Kier alpha value is -1.81. The van der Waals surface area contributed by atoms with E-state index in [1.54, 1.807) is 13.8 Å². The third kappa shape index (κ3) is 3.10. The number of carbonyl (C=O) groups excluding carboxylic acids is 1. The van der Waals surface area contributed by atoms with Crippen LogP contribution >= 0.6 is 15.9 Å². The summed E-state index contributed by atoms with van der Waals surface area (Å²) in [4.78, 5) is 12.4. The van der Waals surface area contributed by atoms with E-state index >= 15 is 0 Å². The molecule has 0 fully saturated rings. The minimum Gasteiger partial charge on any atom is -0.506 e. The molecule has 21 heavy (non-hydrogen) atoms. The van der Waals surface area contributed by atoms with Crippen LogP contribution in [0.2, 0.25) is 0 Å². The van der Waals surface area contributed by atoms with E-state index in [1.807, 2.05) is 37.3 Å². The van der Waals surface area contributed by atoms with Gasteiger partial charge in [-0.3, -0.25) is 0 Å². The molecule has 4 heteroatoms. The van der Waals surface area contributed by atoms with E-state index in [9.17, 15) is 9.90 Å². The lowest BCUT2D eigenvalue weighted by Gasteiger charge is -2.15. The van der Waals surface area contributed by atoms with Crippen LogP contribution in [0, 0.1) is 20.8 Å². The highest BCUT2D eigenvalue weighted by Crippen LogP contribution is 2.36. The second-order valence-electron chi connectivity index (χ2n) is 4.97. The number of halogens is 1. The van der Waals surface area contributed by atoms with Gasteiger partial charge in [0.2, 0.25) is 0 Å². The van der Waals surface area contributed by atoms with Gasteiger partial charge in [-0.25, -0.2) is 4.79 Å². The highest BCUT2D eigenvalue weighted by Gasteiger charge is 2.21. The summed E-state index contributed by atoms with van der Waals surface area (Å²) >= 11 is 3.32. The van der Waals surface area contributed by atoms with Gasteiger partial charge in [0.15, 0.2) is 0 Å². The highest BCUT2D eigenvalue weighted by molar-refractivity contribution is 9.10. The number of benzene rings is 2. The van der Waals surface area contributed by atoms with E-state index < -0.39 is 0 Å². The number of hydrogen-bond donors (Lipinski definition) is 1. The number of rotatable bonds is 3. The summed E-state index contributed by atoms with van der Waals surface area (Å²) in [6.45, 7) is 5.61. The van der Waals surface area contributed by atoms with Crippen LogP contribution in [-0.4, -0.2) is 11.1 Å². The Labute approximate surface area is 132 Å². The minimum atomic E-state index is -0.377. The molecule has 0 amide bonds. The van der Waals surface area contributed by atoms with Gasteiger partial charge in [0.1, 0.15) is 12.4 Å². The fourth-order valence-electron chi connectivity index (χ4n) is 2.20. The highest BCUT2D eigenvalue weighted by atomic mass is 79.9. The van der Waals surface area contributed by atoms with Gasteiger partial charge in [-0.1, -0.05) is 30.3 Å². The smallest absolute Gasteiger partial charge is 0.339 e. The first-order chi connectivity index (χ1) is 9.93. The van der Waals surface area contributed by atoms with Gasteiger partial charge in [-0.2, -0.15) is 0 Å². The van der Waals surface area contributed by atoms with E-state index in [-0.39, 0.29) is 18.3 Å². The summed E-state index contributed by atoms with van der Waals surface area (Å²) in [6.07, 6.45) is 0. The lowest BCUT2D eigenvalue weighted by Crippen LogP contribution is -2.11. The third-order valence-electron chi connectivity index (χ3n) is 3.62. The molecule has 2 aromatic carbocycles. The second kappa shape index (κ2) is 6.31. The molecule has 0 unspecified atom stereocenters. The average molecular weight is 349 g/mol. The number of phenolic OH excluding ortho intramolecular Hbond substituents is 1. The van der Waals surface area contributed by atoms with Crippen molar-refractivity contribution in [1.82, 2.24) is 0 Å². The molecular weight excluding hydrogens is 332 g/mol. The zero-order valence-corrected chi connectivity index (χ0v) is 13.8. The Morgan fingerprint density at radius 1 is 1.10 bits per heavy atom. The standard InChI is InChI=1S/C17H17BrO3/c1-10-11(2)16(19)15(18)12(3)14(10)17(20)21-9-13-7-5-4-6-8-13/h4-8,19H,9H2,1-3H3. The predicted octanol–water partition coefficient (Wildman–Crippen LogP) is 4.44. The summed E-state index contributed by atoms with van der Waals surface area (Å²) in [5, 5.41) is 9.98. The van der Waals surface area contributed by atoms with Crippen LogP contribution in [0.5, 0.6) is 5.75 Å². The Morgan fingerprint density at radius 2 is 1.71 bits per heavy atom. The summed E-state index contributed by atoms with van der Waals surface area (Å²) in [5.74, 6) is -0.206. The van der Waals surface area contributed by atoms with E-state index in [2.05, 4.69) is 15.9 Å². The van der Waals surface area contributed by atoms with Crippen molar-refractivity contribution in [2.24, 2.45) is 0 Å². The van der Waals surface area contributed by atoms with Crippen molar-refractivity contribution in [2.45, 2.75) is 27.4 Å². The molecule has 0 saturated heterocycles. The van der Waals surface area contributed by atoms with Crippen LogP contribution in [-0.2, 0) is 11.3 Å². The molecule has 110 valence electrons. The fraction of sp³-hybridized carbons (Fsp3) is 0.235. The molecule has 0 radical (unpaired) electrons. The van der Waals surface area contributed by atoms with E-state index in [0.29, 0.717) is 21.2 Å². The Kier molecular flexibility index (Phi) is 4.68. The molecule has 2 aromatic rings. The van der Waals surface area contributed by atoms with Gasteiger partial charge in [-0.05, 0) is 59.0 Å². The monoisotopic (exact) mass is 348 g/mol. The molecule has 0 aliphatic carbocycles. The number of esters is 1. The third-order valence-corrected chi connectivity index (χ3v) is 4.59. The Bertz CT molecular complexity index is 649. The molecule has 0 heterocycles. The lowest BCUT2D eigenvalue weighted by atomic mass is 9.97. The normalized spacial score (nSPS) is 10.5. The van der Waals surface area contributed by atoms with Crippen LogP contribution in [0.25, 0.3) is 0 Å². The van der Waals surface area contributed by atoms with Crippen LogP contribution in [0.1, 0.15) is 32.6 Å². The maximum atomic E-state index is 12.4. The van der Waals surface area contributed by atoms with Crippen molar-refractivity contribution in [2.75, 3.05) is 0 Å². The first kappa shape index (κ1) is 15.6. The van der Waals surface area contributed by atoms with E-state index in [1.165, 1.54) is 0 Å². The Morgan fingerprint density at radius 3 is 2.33 bits per heavy atom. The number of ether oxygens (including phenoxy) is 1. The molecule has 0 bridgehead atoms. The van der Waals surface area contributed by atoms with Crippen LogP contribution in [0.15, 0.2) is 34.8 Å². The topological polar surface area (TPSA) is 46.5 Å². The van der Waals surface area contributed by atoms with E-state index in [4.69, 9.17) is 4.74 Å². The summed E-state index contributed by atoms with van der Waals surface area (Å²) in [6, 6.07) is 9.54. The van der Waals surface area contributed by atoms with Crippen molar-refractivity contribution in [3.63, 3.8) is 0 Å². The SMILES string of the molecule is Cc1c(C)c(C(=O)OCc2ccccc2)c(C)c(Br)c1O. The average Bonchev–Trinajstić information content (AvgIpc) is 2.50. The number of aromatic hydroxyl groups is 1. The van der Waals surface area contributed by atoms with Crippen molar-refractivity contribution in [3.05, 3.63) is 62.6 Å². The quantitative estimate of drug-likeness (QED) is 0.834. The van der Waals surface area contributed by atoms with Crippen LogP contribution in [0.4, 0.5) is 0 Å². The largest absolute Gasteiger partial charge is 0.506 e. The van der Waals surface area contributed by atoms with E-state index in [0.717, 1.165) is 11.1 Å². The molecule has 3 nitrogen and oxygen atoms in total. The van der Waals surface area contributed by atoms with Gasteiger partial charge >= 0.3 is 5.97 Å². The van der Waals surface area contributed by atoms with Crippen molar-refractivity contribution < 1.29 is 14.6 Å². The molecule has 0 aliphatic heterocycles. The Balaban J connectivity index is 2.28. The maximum Gasteiger partial charge on any atom is 0.339 e. The molecule has 0 aliphatic rings. The lowest BCUT2D eigenvalue weighted by molar-refractivity contribution is 0.0470. The van der Waals surface area contributed by atoms with Gasteiger partial charge < -0.3 is 9.84 Å². The first-order valence-corrected chi connectivity index (χ1v) is 7.42. The molecule has 1 N–H and O–H groups in total. The predicted molar refractivity (Wildman–Crippen MR) is 85.6 cm³/mol. The summed E-state index contributed by atoms with van der Waals surface area (Å²) < 4.78 is 5.92. The summed E-state index contributed by atoms with van der Waals surface area (Å²) in [7, 11) is 0.